The molecule has 0 saturated heterocycles. The molecule has 0 radical (unpaired) electrons. The van der Waals surface area contributed by atoms with Crippen LogP contribution in [0.3, 0.4) is 0 Å². The summed E-state index contributed by atoms with van der Waals surface area (Å²) in [5, 5.41) is 9.47. The summed E-state index contributed by atoms with van der Waals surface area (Å²) in [5.74, 6) is 0. The van der Waals surface area contributed by atoms with Crippen molar-refractivity contribution < 1.29 is 5.11 Å². The monoisotopic (exact) mass is 173 g/mol. The topological polar surface area (TPSA) is 23.5 Å². The van der Waals surface area contributed by atoms with Crippen LogP contribution in [0.15, 0.2) is 0 Å². The number of aliphatic hydroxyl groups is 1. The smallest absolute Gasteiger partial charge is 0.104 e. The highest BCUT2D eigenvalue weighted by Crippen LogP contribution is 2.12. The highest BCUT2D eigenvalue weighted by Gasteiger charge is 2.17. The molecule has 12 heavy (non-hydrogen) atoms. The lowest BCUT2D eigenvalue weighted by Gasteiger charge is -2.32. The van der Waals surface area contributed by atoms with E-state index in [1.165, 1.54) is 12.8 Å². The maximum atomic E-state index is 9.47. The molecule has 0 bridgehead atoms. The van der Waals surface area contributed by atoms with Gasteiger partial charge >= 0.3 is 0 Å². The molecule has 0 aliphatic carbocycles. The minimum absolute atomic E-state index is 0.300. The van der Waals surface area contributed by atoms with Gasteiger partial charge in [0, 0.05) is 6.04 Å². The zero-order valence-corrected chi connectivity index (χ0v) is 8.88. The van der Waals surface area contributed by atoms with Crippen molar-refractivity contribution in [2.24, 2.45) is 0 Å². The Bertz CT molecular complexity index is 104. The van der Waals surface area contributed by atoms with Crippen molar-refractivity contribution in [1.82, 2.24) is 4.90 Å². The van der Waals surface area contributed by atoms with E-state index >= 15 is 0 Å². The summed E-state index contributed by atoms with van der Waals surface area (Å²) >= 11 is 0. The Hall–Kier alpha value is -0.0800. The molecule has 0 rings (SSSR count). The lowest BCUT2D eigenvalue weighted by atomic mass is 10.1. The summed E-state index contributed by atoms with van der Waals surface area (Å²) < 4.78 is 0. The fourth-order valence-corrected chi connectivity index (χ4v) is 1.77. The maximum absolute atomic E-state index is 9.47. The van der Waals surface area contributed by atoms with Crippen LogP contribution in [0.4, 0.5) is 0 Å². The minimum Gasteiger partial charge on any atom is -0.379 e. The third-order valence-corrected chi connectivity index (χ3v) is 2.41. The second kappa shape index (κ2) is 6.44. The van der Waals surface area contributed by atoms with Gasteiger partial charge in [-0.2, -0.15) is 0 Å². The Morgan fingerprint density at radius 1 is 1.25 bits per heavy atom. The first-order chi connectivity index (χ1) is 5.67. The van der Waals surface area contributed by atoms with Gasteiger partial charge in [-0.1, -0.05) is 27.2 Å². The summed E-state index contributed by atoms with van der Waals surface area (Å²) in [6.45, 7) is 9.27. The van der Waals surface area contributed by atoms with Crippen LogP contribution in [0.2, 0.25) is 0 Å². The van der Waals surface area contributed by atoms with Crippen LogP contribution in [0, 0.1) is 0 Å². The fourth-order valence-electron chi connectivity index (χ4n) is 1.77. The Morgan fingerprint density at radius 2 is 1.83 bits per heavy atom. The standard InChI is InChI=1S/C10H23NO/c1-5-8-10(6-2)11(7-3)9(4)12/h9-10,12H,5-8H2,1-4H3. The Kier molecular flexibility index (Phi) is 6.39. The Morgan fingerprint density at radius 3 is 2.08 bits per heavy atom. The molecule has 2 nitrogen and oxygen atoms in total. The summed E-state index contributed by atoms with van der Waals surface area (Å²) in [6.07, 6.45) is 3.22. The van der Waals surface area contributed by atoms with Crippen molar-refractivity contribution in [3.63, 3.8) is 0 Å². The molecule has 0 heterocycles. The predicted molar refractivity (Wildman–Crippen MR) is 53.0 cm³/mol. The van der Waals surface area contributed by atoms with Gasteiger partial charge < -0.3 is 5.11 Å². The summed E-state index contributed by atoms with van der Waals surface area (Å²) in [7, 11) is 0. The average molecular weight is 173 g/mol. The molecule has 0 fully saturated rings. The second-order valence-electron chi connectivity index (χ2n) is 3.31. The van der Waals surface area contributed by atoms with Crippen LogP contribution in [0.1, 0.15) is 47.0 Å². The molecule has 0 aromatic carbocycles. The fraction of sp³-hybridized carbons (Fsp3) is 1.00. The molecule has 2 atom stereocenters. The molecule has 0 spiro atoms. The van der Waals surface area contributed by atoms with Crippen LogP contribution in [0.5, 0.6) is 0 Å². The molecular weight excluding hydrogens is 150 g/mol. The van der Waals surface area contributed by atoms with E-state index in [4.69, 9.17) is 0 Å². The lowest BCUT2D eigenvalue weighted by Crippen LogP contribution is -2.41. The highest BCUT2D eigenvalue weighted by atomic mass is 16.3. The summed E-state index contributed by atoms with van der Waals surface area (Å²) in [6, 6.07) is 0.556. The molecule has 0 aliphatic heterocycles. The molecule has 74 valence electrons. The van der Waals surface area contributed by atoms with Gasteiger partial charge in [-0.05, 0) is 26.3 Å². The molecule has 1 N–H and O–H groups in total. The summed E-state index contributed by atoms with van der Waals surface area (Å²) in [5.41, 5.74) is 0. The maximum Gasteiger partial charge on any atom is 0.104 e. The van der Waals surface area contributed by atoms with E-state index in [0.717, 1.165) is 13.0 Å². The van der Waals surface area contributed by atoms with E-state index in [1.54, 1.807) is 0 Å². The van der Waals surface area contributed by atoms with Gasteiger partial charge in [0.15, 0.2) is 0 Å². The van der Waals surface area contributed by atoms with Crippen LogP contribution < -0.4 is 0 Å². The minimum atomic E-state index is -0.300. The average Bonchev–Trinajstić information content (AvgIpc) is 2.03. The number of nitrogens with zero attached hydrogens (tertiary/aromatic N) is 1. The van der Waals surface area contributed by atoms with Gasteiger partial charge in [-0.15, -0.1) is 0 Å². The first kappa shape index (κ1) is 11.9. The summed E-state index contributed by atoms with van der Waals surface area (Å²) in [4.78, 5) is 2.16. The number of rotatable bonds is 6. The molecule has 0 aromatic rings. The van der Waals surface area contributed by atoms with E-state index in [-0.39, 0.29) is 6.23 Å². The lowest BCUT2D eigenvalue weighted by molar-refractivity contribution is -0.0117. The number of aliphatic hydroxyl groups excluding tert-OH is 1. The third kappa shape index (κ3) is 3.55. The van der Waals surface area contributed by atoms with Gasteiger partial charge in [-0.25, -0.2) is 0 Å². The van der Waals surface area contributed by atoms with Gasteiger partial charge in [0.2, 0.25) is 0 Å². The van der Waals surface area contributed by atoms with Crippen LogP contribution >= 0.6 is 0 Å². The quantitative estimate of drug-likeness (QED) is 0.623. The SMILES string of the molecule is CCCC(CC)N(CC)C(C)O. The normalized spacial score (nSPS) is 16.5. The molecule has 0 saturated carbocycles. The van der Waals surface area contributed by atoms with Gasteiger partial charge in [0.1, 0.15) is 6.23 Å². The van der Waals surface area contributed by atoms with Crippen LogP contribution in [-0.2, 0) is 0 Å². The van der Waals surface area contributed by atoms with Crippen molar-refractivity contribution in [2.75, 3.05) is 6.54 Å². The first-order valence-corrected chi connectivity index (χ1v) is 5.11. The molecular formula is C10H23NO. The number of hydrogen-bond acceptors (Lipinski definition) is 2. The van der Waals surface area contributed by atoms with Gasteiger partial charge in [0.25, 0.3) is 0 Å². The predicted octanol–water partition coefficient (Wildman–Crippen LogP) is 2.23. The van der Waals surface area contributed by atoms with E-state index in [1.807, 2.05) is 6.92 Å². The van der Waals surface area contributed by atoms with Crippen molar-refractivity contribution in [3.05, 3.63) is 0 Å². The number of hydrogen-bond donors (Lipinski definition) is 1. The van der Waals surface area contributed by atoms with Gasteiger partial charge in [0.05, 0.1) is 0 Å². The van der Waals surface area contributed by atoms with Gasteiger partial charge in [-0.3, -0.25) is 4.90 Å². The second-order valence-corrected chi connectivity index (χ2v) is 3.31. The Labute approximate surface area is 76.6 Å². The van der Waals surface area contributed by atoms with E-state index < -0.39 is 0 Å². The van der Waals surface area contributed by atoms with Crippen LogP contribution in [0.25, 0.3) is 0 Å². The largest absolute Gasteiger partial charge is 0.379 e. The zero-order chi connectivity index (χ0) is 9.56. The van der Waals surface area contributed by atoms with Crippen molar-refractivity contribution in [2.45, 2.75) is 59.2 Å². The van der Waals surface area contributed by atoms with Crippen molar-refractivity contribution >= 4 is 0 Å². The van der Waals surface area contributed by atoms with Crippen molar-refractivity contribution in [1.29, 1.82) is 0 Å². The molecule has 0 amide bonds. The van der Waals surface area contributed by atoms with E-state index in [2.05, 4.69) is 25.7 Å². The van der Waals surface area contributed by atoms with Crippen LogP contribution in [-0.4, -0.2) is 28.8 Å². The van der Waals surface area contributed by atoms with E-state index in [0.29, 0.717) is 6.04 Å². The molecule has 0 aromatic heterocycles. The van der Waals surface area contributed by atoms with Crippen molar-refractivity contribution in [3.8, 4) is 0 Å². The zero-order valence-electron chi connectivity index (χ0n) is 8.88. The molecule has 2 unspecified atom stereocenters. The van der Waals surface area contributed by atoms with E-state index in [9.17, 15) is 5.11 Å². The molecule has 2 heteroatoms. The molecule has 0 aliphatic rings. The Balaban J connectivity index is 4.02. The highest BCUT2D eigenvalue weighted by molar-refractivity contribution is 4.69. The first-order valence-electron chi connectivity index (χ1n) is 5.11. The third-order valence-electron chi connectivity index (χ3n) is 2.41.